The number of carbonyl (C=O) groups excluding carboxylic acids is 2. The van der Waals surface area contributed by atoms with Crippen LogP contribution in [0.25, 0.3) is 0 Å². The summed E-state index contributed by atoms with van der Waals surface area (Å²) < 4.78 is 26.3. The first-order valence-corrected chi connectivity index (χ1v) is 6.71. The number of amides is 2. The summed E-state index contributed by atoms with van der Waals surface area (Å²) in [4.78, 5) is 25.6. The lowest BCUT2D eigenvalue weighted by atomic mass is 10.2. The number of nitrogens with one attached hydrogen (secondary N) is 2. The number of anilines is 1. The van der Waals surface area contributed by atoms with Crippen molar-refractivity contribution >= 4 is 17.5 Å². The molecule has 2 amide bonds. The van der Waals surface area contributed by atoms with Crippen LogP contribution in [0.5, 0.6) is 0 Å². The molecule has 0 atom stereocenters. The predicted molar refractivity (Wildman–Crippen MR) is 82.1 cm³/mol. The standard InChI is InChI=1S/C16H15F2N3O2/c1-21(2)12-5-3-4-10(8-12)15(22)19-20-16(23)13-7-6-11(17)9-14(13)18/h3-9H,1-2H3,(H,19,22)(H,20,23). The number of carbonyl (C=O) groups is 2. The minimum absolute atomic E-state index is 0.330. The largest absolute Gasteiger partial charge is 0.378 e. The van der Waals surface area contributed by atoms with Gasteiger partial charge in [0.15, 0.2) is 0 Å². The highest BCUT2D eigenvalue weighted by atomic mass is 19.1. The molecule has 0 aromatic heterocycles. The Labute approximate surface area is 131 Å². The lowest BCUT2D eigenvalue weighted by Crippen LogP contribution is -2.42. The molecule has 0 saturated carbocycles. The van der Waals surface area contributed by atoms with Gasteiger partial charge in [0.2, 0.25) is 0 Å². The second-order valence-electron chi connectivity index (χ2n) is 4.98. The van der Waals surface area contributed by atoms with Gasteiger partial charge in [0.05, 0.1) is 5.56 Å². The zero-order chi connectivity index (χ0) is 17.0. The van der Waals surface area contributed by atoms with Gasteiger partial charge < -0.3 is 4.90 Å². The second kappa shape index (κ2) is 6.87. The molecule has 120 valence electrons. The molecular weight excluding hydrogens is 304 g/mol. The maximum Gasteiger partial charge on any atom is 0.272 e. The molecule has 5 nitrogen and oxygen atoms in total. The number of hydrogen-bond donors (Lipinski definition) is 2. The Balaban J connectivity index is 2.04. The lowest BCUT2D eigenvalue weighted by Gasteiger charge is -2.13. The Morgan fingerprint density at radius 2 is 1.65 bits per heavy atom. The van der Waals surface area contributed by atoms with Gasteiger partial charge in [-0.2, -0.15) is 0 Å². The van der Waals surface area contributed by atoms with Crippen LogP contribution in [0.3, 0.4) is 0 Å². The van der Waals surface area contributed by atoms with Gasteiger partial charge in [0, 0.05) is 31.4 Å². The number of benzene rings is 2. The molecule has 0 heterocycles. The Morgan fingerprint density at radius 3 is 2.30 bits per heavy atom. The van der Waals surface area contributed by atoms with Crippen LogP contribution in [0, 0.1) is 11.6 Å². The smallest absolute Gasteiger partial charge is 0.272 e. The van der Waals surface area contributed by atoms with Gasteiger partial charge in [-0.3, -0.25) is 20.4 Å². The summed E-state index contributed by atoms with van der Waals surface area (Å²) in [7, 11) is 3.66. The quantitative estimate of drug-likeness (QED) is 0.852. The third-order valence-corrected chi connectivity index (χ3v) is 3.09. The van der Waals surface area contributed by atoms with Crippen molar-refractivity contribution in [3.05, 3.63) is 65.2 Å². The van der Waals surface area contributed by atoms with E-state index in [0.29, 0.717) is 11.6 Å². The normalized spacial score (nSPS) is 10.1. The Bertz CT molecular complexity index is 748. The molecule has 0 fully saturated rings. The highest BCUT2D eigenvalue weighted by molar-refractivity contribution is 5.99. The van der Waals surface area contributed by atoms with E-state index in [4.69, 9.17) is 0 Å². The molecule has 0 spiro atoms. The molecule has 0 saturated heterocycles. The number of hydrogen-bond acceptors (Lipinski definition) is 3. The highest BCUT2D eigenvalue weighted by Gasteiger charge is 2.14. The van der Waals surface area contributed by atoms with E-state index < -0.39 is 23.4 Å². The minimum Gasteiger partial charge on any atom is -0.378 e. The summed E-state index contributed by atoms with van der Waals surface area (Å²) in [5.74, 6) is -3.22. The molecule has 0 bridgehead atoms. The Hall–Kier alpha value is -2.96. The fraction of sp³-hybridized carbons (Fsp3) is 0.125. The molecule has 0 unspecified atom stereocenters. The molecule has 23 heavy (non-hydrogen) atoms. The molecular formula is C16H15F2N3O2. The molecule has 0 aliphatic rings. The summed E-state index contributed by atoms with van der Waals surface area (Å²) >= 11 is 0. The summed E-state index contributed by atoms with van der Waals surface area (Å²) in [6.07, 6.45) is 0. The summed E-state index contributed by atoms with van der Waals surface area (Å²) in [6, 6.07) is 9.29. The highest BCUT2D eigenvalue weighted by Crippen LogP contribution is 2.13. The zero-order valence-electron chi connectivity index (χ0n) is 12.6. The van der Waals surface area contributed by atoms with Crippen LogP contribution in [0.1, 0.15) is 20.7 Å². The fourth-order valence-electron chi connectivity index (χ4n) is 1.85. The number of rotatable bonds is 3. The number of halogens is 2. The van der Waals surface area contributed by atoms with E-state index >= 15 is 0 Å². The third kappa shape index (κ3) is 4.03. The minimum atomic E-state index is -1.01. The maximum absolute atomic E-state index is 13.5. The van der Waals surface area contributed by atoms with E-state index in [1.807, 2.05) is 25.1 Å². The van der Waals surface area contributed by atoms with Crippen LogP contribution < -0.4 is 15.8 Å². The summed E-state index contributed by atoms with van der Waals surface area (Å²) in [5.41, 5.74) is 5.06. The van der Waals surface area contributed by atoms with Gasteiger partial charge in [-0.1, -0.05) is 6.07 Å². The monoisotopic (exact) mass is 319 g/mol. The molecule has 2 aromatic rings. The van der Waals surface area contributed by atoms with Gasteiger partial charge in [-0.15, -0.1) is 0 Å². The molecule has 0 aliphatic heterocycles. The Morgan fingerprint density at radius 1 is 0.957 bits per heavy atom. The predicted octanol–water partition coefficient (Wildman–Crippen LogP) is 2.11. The summed E-state index contributed by atoms with van der Waals surface area (Å²) in [5, 5.41) is 0. The van der Waals surface area contributed by atoms with Gasteiger partial charge >= 0.3 is 0 Å². The topological polar surface area (TPSA) is 61.4 Å². The van der Waals surface area contributed by atoms with Crippen LogP contribution in [-0.4, -0.2) is 25.9 Å². The van der Waals surface area contributed by atoms with Crippen LogP contribution in [0.15, 0.2) is 42.5 Å². The van der Waals surface area contributed by atoms with Crippen LogP contribution in [-0.2, 0) is 0 Å². The van der Waals surface area contributed by atoms with E-state index in [1.54, 1.807) is 18.2 Å². The van der Waals surface area contributed by atoms with Gasteiger partial charge in [-0.25, -0.2) is 8.78 Å². The van der Waals surface area contributed by atoms with E-state index in [0.717, 1.165) is 17.8 Å². The molecule has 0 aliphatic carbocycles. The van der Waals surface area contributed by atoms with Gasteiger partial charge in [0.1, 0.15) is 11.6 Å². The van der Waals surface area contributed by atoms with Gasteiger partial charge in [-0.05, 0) is 30.3 Å². The lowest BCUT2D eigenvalue weighted by molar-refractivity contribution is 0.0844. The van der Waals surface area contributed by atoms with Crippen molar-refractivity contribution in [2.45, 2.75) is 0 Å². The fourth-order valence-corrected chi connectivity index (χ4v) is 1.85. The SMILES string of the molecule is CN(C)c1cccc(C(=O)NNC(=O)c2ccc(F)cc2F)c1. The maximum atomic E-state index is 13.5. The molecule has 0 radical (unpaired) electrons. The number of nitrogens with zero attached hydrogens (tertiary/aromatic N) is 1. The average molecular weight is 319 g/mol. The van der Waals surface area contributed by atoms with Crippen molar-refractivity contribution in [3.63, 3.8) is 0 Å². The zero-order valence-corrected chi connectivity index (χ0v) is 12.6. The average Bonchev–Trinajstić information content (AvgIpc) is 2.52. The van der Waals surface area contributed by atoms with E-state index in [1.165, 1.54) is 0 Å². The van der Waals surface area contributed by atoms with Crippen molar-refractivity contribution < 1.29 is 18.4 Å². The van der Waals surface area contributed by atoms with Gasteiger partial charge in [0.25, 0.3) is 11.8 Å². The third-order valence-electron chi connectivity index (χ3n) is 3.09. The molecule has 2 N–H and O–H groups in total. The van der Waals surface area contributed by atoms with Crippen molar-refractivity contribution in [2.75, 3.05) is 19.0 Å². The Kier molecular flexibility index (Phi) is 4.90. The summed E-state index contributed by atoms with van der Waals surface area (Å²) in [6.45, 7) is 0. The van der Waals surface area contributed by atoms with Crippen LogP contribution >= 0.6 is 0 Å². The molecule has 7 heteroatoms. The van der Waals surface area contributed by atoms with Crippen LogP contribution in [0.4, 0.5) is 14.5 Å². The van der Waals surface area contributed by atoms with Crippen molar-refractivity contribution in [1.82, 2.24) is 10.9 Å². The molecule has 2 rings (SSSR count). The molecule has 2 aromatic carbocycles. The van der Waals surface area contributed by atoms with Crippen molar-refractivity contribution in [3.8, 4) is 0 Å². The van der Waals surface area contributed by atoms with Crippen molar-refractivity contribution in [1.29, 1.82) is 0 Å². The first-order valence-electron chi connectivity index (χ1n) is 6.71. The van der Waals surface area contributed by atoms with E-state index in [-0.39, 0.29) is 5.56 Å². The van der Waals surface area contributed by atoms with Crippen molar-refractivity contribution in [2.24, 2.45) is 0 Å². The van der Waals surface area contributed by atoms with E-state index in [9.17, 15) is 18.4 Å². The first-order chi connectivity index (χ1) is 10.9. The number of hydrazine groups is 1. The second-order valence-corrected chi connectivity index (χ2v) is 4.98. The first kappa shape index (κ1) is 16.4. The van der Waals surface area contributed by atoms with Crippen LogP contribution in [0.2, 0.25) is 0 Å². The van der Waals surface area contributed by atoms with E-state index in [2.05, 4.69) is 10.9 Å².